The molecule has 22 heavy (non-hydrogen) atoms. The fraction of sp³-hybridized carbons (Fsp3) is 0.467. The van der Waals surface area contributed by atoms with E-state index in [2.05, 4.69) is 24.8 Å². The van der Waals surface area contributed by atoms with Gasteiger partial charge in [0.2, 0.25) is 0 Å². The van der Waals surface area contributed by atoms with Crippen LogP contribution in [0, 0.1) is 20.8 Å². The summed E-state index contributed by atoms with van der Waals surface area (Å²) < 4.78 is 0. The van der Waals surface area contributed by atoms with Gasteiger partial charge in [-0.1, -0.05) is 11.8 Å². The molecule has 0 unspecified atom stereocenters. The molecule has 0 saturated carbocycles. The zero-order chi connectivity index (χ0) is 15.9. The van der Waals surface area contributed by atoms with E-state index in [9.17, 15) is 4.79 Å². The number of H-pyrrole nitrogens is 1. The van der Waals surface area contributed by atoms with Gasteiger partial charge in [-0.05, 0) is 27.0 Å². The third-order valence-electron chi connectivity index (χ3n) is 4.01. The molecule has 0 aliphatic carbocycles. The zero-order valence-corrected chi connectivity index (χ0v) is 14.0. The molecule has 2 aromatic rings. The van der Waals surface area contributed by atoms with Gasteiger partial charge in [0, 0.05) is 24.2 Å². The van der Waals surface area contributed by atoms with Gasteiger partial charge in [-0.15, -0.1) is 0 Å². The van der Waals surface area contributed by atoms with E-state index in [1.807, 2.05) is 27.0 Å². The Morgan fingerprint density at radius 3 is 2.68 bits per heavy atom. The minimum atomic E-state index is -0.0410. The Hall–Kier alpha value is -1.89. The zero-order valence-electron chi connectivity index (χ0n) is 13.2. The molecule has 1 aliphatic rings. The van der Waals surface area contributed by atoms with Crippen LogP contribution in [0.25, 0.3) is 0 Å². The first-order chi connectivity index (χ1) is 10.5. The van der Waals surface area contributed by atoms with E-state index < -0.39 is 0 Å². The Morgan fingerprint density at radius 1 is 1.18 bits per heavy atom. The minimum Gasteiger partial charge on any atom is -0.351 e. The van der Waals surface area contributed by atoms with Crippen molar-refractivity contribution in [3.05, 3.63) is 38.7 Å². The number of aromatic nitrogens is 4. The number of hydrogen-bond acceptors (Lipinski definition) is 6. The maximum atomic E-state index is 12.2. The normalized spacial score (nSPS) is 14.1. The molecule has 3 rings (SSSR count). The van der Waals surface area contributed by atoms with Crippen molar-refractivity contribution in [2.24, 2.45) is 0 Å². The molecule has 6 nitrogen and oxygen atoms in total. The SMILES string of the molecule is CSc1nc(C)c(C)c(N2CCc3nc(C)[nH]c(=O)c3C2)n1. The molecule has 0 saturated heterocycles. The molecule has 0 amide bonds. The van der Waals surface area contributed by atoms with E-state index in [4.69, 9.17) is 0 Å². The van der Waals surface area contributed by atoms with Gasteiger partial charge in [0.25, 0.3) is 5.56 Å². The number of aryl methyl sites for hydroxylation is 2. The van der Waals surface area contributed by atoms with Gasteiger partial charge in [0.15, 0.2) is 5.16 Å². The van der Waals surface area contributed by atoms with Gasteiger partial charge in [-0.3, -0.25) is 4.79 Å². The van der Waals surface area contributed by atoms with Crippen LogP contribution in [-0.2, 0) is 13.0 Å². The second kappa shape index (κ2) is 5.72. The molecule has 1 aliphatic heterocycles. The van der Waals surface area contributed by atoms with Crippen LogP contribution >= 0.6 is 11.8 Å². The first-order valence-electron chi connectivity index (χ1n) is 7.22. The minimum absolute atomic E-state index is 0.0410. The van der Waals surface area contributed by atoms with E-state index in [0.29, 0.717) is 12.4 Å². The Balaban J connectivity index is 2.02. The van der Waals surface area contributed by atoms with Crippen molar-refractivity contribution in [1.29, 1.82) is 0 Å². The second-order valence-electron chi connectivity index (χ2n) is 5.49. The molecule has 116 valence electrons. The number of rotatable bonds is 2. The van der Waals surface area contributed by atoms with E-state index >= 15 is 0 Å². The maximum absolute atomic E-state index is 12.2. The first kappa shape index (κ1) is 15.0. The van der Waals surface area contributed by atoms with Crippen LogP contribution in [0.3, 0.4) is 0 Å². The lowest BCUT2D eigenvalue weighted by Gasteiger charge is -2.30. The van der Waals surface area contributed by atoms with Gasteiger partial charge >= 0.3 is 0 Å². The highest BCUT2D eigenvalue weighted by atomic mass is 32.2. The number of thioether (sulfide) groups is 1. The Morgan fingerprint density at radius 2 is 1.95 bits per heavy atom. The highest BCUT2D eigenvalue weighted by Gasteiger charge is 2.23. The molecule has 0 spiro atoms. The summed E-state index contributed by atoms with van der Waals surface area (Å²) in [4.78, 5) is 30.7. The van der Waals surface area contributed by atoms with Crippen molar-refractivity contribution in [1.82, 2.24) is 19.9 Å². The van der Waals surface area contributed by atoms with Crippen LogP contribution in [0.4, 0.5) is 5.82 Å². The molecule has 0 fully saturated rings. The average Bonchev–Trinajstić information content (AvgIpc) is 2.49. The summed E-state index contributed by atoms with van der Waals surface area (Å²) in [7, 11) is 0. The number of anilines is 1. The fourth-order valence-electron chi connectivity index (χ4n) is 2.72. The summed E-state index contributed by atoms with van der Waals surface area (Å²) in [6.07, 6.45) is 2.73. The molecule has 7 heteroatoms. The Bertz CT molecular complexity index is 786. The molecular weight excluding hydrogens is 298 g/mol. The third kappa shape index (κ3) is 2.61. The number of nitrogens with zero attached hydrogens (tertiary/aromatic N) is 4. The highest BCUT2D eigenvalue weighted by molar-refractivity contribution is 7.98. The molecule has 2 aromatic heterocycles. The predicted molar refractivity (Wildman–Crippen MR) is 87.6 cm³/mol. The Labute approximate surface area is 133 Å². The molecule has 0 aromatic carbocycles. The molecule has 3 heterocycles. The Kier molecular flexibility index (Phi) is 3.90. The first-order valence-corrected chi connectivity index (χ1v) is 8.45. The van der Waals surface area contributed by atoms with Crippen molar-refractivity contribution in [3.63, 3.8) is 0 Å². The number of hydrogen-bond donors (Lipinski definition) is 1. The second-order valence-corrected chi connectivity index (χ2v) is 6.27. The van der Waals surface area contributed by atoms with Crippen LogP contribution in [0.2, 0.25) is 0 Å². The molecular formula is C15H19N5OS. The summed E-state index contributed by atoms with van der Waals surface area (Å²) in [6.45, 7) is 7.20. The molecule has 1 N–H and O–H groups in total. The van der Waals surface area contributed by atoms with Crippen LogP contribution in [0.5, 0.6) is 0 Å². The lowest BCUT2D eigenvalue weighted by atomic mass is 10.1. The third-order valence-corrected chi connectivity index (χ3v) is 4.56. The van der Waals surface area contributed by atoms with Gasteiger partial charge in [0.1, 0.15) is 11.6 Å². The number of aromatic amines is 1. The summed E-state index contributed by atoms with van der Waals surface area (Å²) in [5.41, 5.74) is 3.67. The van der Waals surface area contributed by atoms with Crippen molar-refractivity contribution < 1.29 is 0 Å². The summed E-state index contributed by atoms with van der Waals surface area (Å²) in [5.74, 6) is 1.60. The van der Waals surface area contributed by atoms with Gasteiger partial charge in [-0.25, -0.2) is 15.0 Å². The average molecular weight is 317 g/mol. The summed E-state index contributed by atoms with van der Waals surface area (Å²) in [5, 5.41) is 0.764. The highest BCUT2D eigenvalue weighted by Crippen LogP contribution is 2.26. The van der Waals surface area contributed by atoms with Crippen molar-refractivity contribution in [3.8, 4) is 0 Å². The standard InChI is InChI=1S/C15H19N5OS/c1-8-9(2)16-15(22-4)19-13(8)20-6-5-12-11(7-20)14(21)18-10(3)17-12/h5-7H2,1-4H3,(H,17,18,21). The van der Waals surface area contributed by atoms with Gasteiger partial charge in [0.05, 0.1) is 17.8 Å². The van der Waals surface area contributed by atoms with Crippen LogP contribution < -0.4 is 10.5 Å². The van der Waals surface area contributed by atoms with Gasteiger partial charge in [-0.2, -0.15) is 0 Å². The monoisotopic (exact) mass is 317 g/mol. The van der Waals surface area contributed by atoms with Gasteiger partial charge < -0.3 is 9.88 Å². The van der Waals surface area contributed by atoms with Crippen molar-refractivity contribution >= 4 is 17.6 Å². The van der Waals surface area contributed by atoms with Crippen LogP contribution in [-0.4, -0.2) is 32.7 Å². The van der Waals surface area contributed by atoms with Crippen LogP contribution in [0.1, 0.15) is 28.3 Å². The van der Waals surface area contributed by atoms with E-state index in [-0.39, 0.29) is 5.56 Å². The van der Waals surface area contributed by atoms with E-state index in [1.54, 1.807) is 0 Å². The molecule has 0 radical (unpaired) electrons. The van der Waals surface area contributed by atoms with Crippen molar-refractivity contribution in [2.45, 2.75) is 38.9 Å². The quantitative estimate of drug-likeness (QED) is 0.672. The summed E-state index contributed by atoms with van der Waals surface area (Å²) in [6, 6.07) is 0. The smallest absolute Gasteiger partial charge is 0.256 e. The lowest BCUT2D eigenvalue weighted by molar-refractivity contribution is 0.673. The lowest BCUT2D eigenvalue weighted by Crippen LogP contribution is -2.37. The van der Waals surface area contributed by atoms with Crippen LogP contribution in [0.15, 0.2) is 9.95 Å². The number of fused-ring (bicyclic) bond motifs is 1. The predicted octanol–water partition coefficient (Wildman–Crippen LogP) is 1.77. The van der Waals surface area contributed by atoms with Crippen molar-refractivity contribution in [2.75, 3.05) is 17.7 Å². The molecule has 0 bridgehead atoms. The summed E-state index contributed by atoms with van der Waals surface area (Å²) >= 11 is 1.53. The number of nitrogens with one attached hydrogen (secondary N) is 1. The van der Waals surface area contributed by atoms with E-state index in [0.717, 1.165) is 46.5 Å². The topological polar surface area (TPSA) is 74.8 Å². The fourth-order valence-corrected chi connectivity index (χ4v) is 3.12. The molecule has 0 atom stereocenters. The largest absolute Gasteiger partial charge is 0.351 e. The van der Waals surface area contributed by atoms with E-state index in [1.165, 1.54) is 11.8 Å². The maximum Gasteiger partial charge on any atom is 0.256 e.